The van der Waals surface area contributed by atoms with Gasteiger partial charge in [-0.1, -0.05) is 48.5 Å². The van der Waals surface area contributed by atoms with E-state index < -0.39 is 5.97 Å². The number of rotatable bonds is 8. The lowest BCUT2D eigenvalue weighted by molar-refractivity contribution is -0.128. The molecule has 0 aliphatic rings. The molecule has 5 nitrogen and oxygen atoms in total. The lowest BCUT2D eigenvalue weighted by Gasteiger charge is -2.08. The monoisotopic (exact) mass is 414 g/mol. The molecular formula is C26H22O5. The molecule has 156 valence electrons. The van der Waals surface area contributed by atoms with E-state index in [-0.39, 0.29) is 5.78 Å². The molecule has 0 amide bonds. The first-order valence-corrected chi connectivity index (χ1v) is 9.59. The van der Waals surface area contributed by atoms with Crippen molar-refractivity contribution in [2.24, 2.45) is 0 Å². The summed E-state index contributed by atoms with van der Waals surface area (Å²) in [6, 6.07) is 21.5. The molecular weight excluding hydrogens is 392 g/mol. The van der Waals surface area contributed by atoms with E-state index >= 15 is 0 Å². The van der Waals surface area contributed by atoms with Crippen molar-refractivity contribution in [1.82, 2.24) is 0 Å². The molecule has 0 radical (unpaired) electrons. The lowest BCUT2D eigenvalue weighted by Crippen LogP contribution is -2.05. The number of ketones is 1. The van der Waals surface area contributed by atoms with Crippen molar-refractivity contribution < 1.29 is 23.8 Å². The predicted octanol–water partition coefficient (Wildman–Crippen LogP) is 5.22. The van der Waals surface area contributed by atoms with Crippen LogP contribution in [-0.4, -0.2) is 26.0 Å². The van der Waals surface area contributed by atoms with Gasteiger partial charge in [0.15, 0.2) is 5.78 Å². The molecule has 31 heavy (non-hydrogen) atoms. The molecule has 0 fully saturated rings. The third kappa shape index (κ3) is 5.93. The quantitative estimate of drug-likeness (QED) is 0.219. The van der Waals surface area contributed by atoms with Crippen molar-refractivity contribution in [3.63, 3.8) is 0 Å². The molecule has 0 atom stereocenters. The number of hydrogen-bond acceptors (Lipinski definition) is 5. The van der Waals surface area contributed by atoms with E-state index in [1.165, 1.54) is 26.4 Å². The summed E-state index contributed by atoms with van der Waals surface area (Å²) >= 11 is 0. The number of allylic oxidation sites excluding steroid dienone is 1. The van der Waals surface area contributed by atoms with E-state index in [1.807, 2.05) is 30.3 Å². The summed E-state index contributed by atoms with van der Waals surface area (Å²) < 4.78 is 15.9. The summed E-state index contributed by atoms with van der Waals surface area (Å²) in [7, 11) is 3.03. The largest absolute Gasteiger partial charge is 0.497 e. The Morgan fingerprint density at radius 1 is 0.742 bits per heavy atom. The smallest absolute Gasteiger partial charge is 0.336 e. The molecule has 0 heterocycles. The zero-order chi connectivity index (χ0) is 22.1. The first-order chi connectivity index (χ1) is 15.1. The average Bonchev–Trinajstić information content (AvgIpc) is 2.82. The van der Waals surface area contributed by atoms with Crippen LogP contribution < -0.4 is 14.2 Å². The minimum absolute atomic E-state index is 0.263. The molecule has 0 aromatic heterocycles. The molecule has 0 spiro atoms. The maximum Gasteiger partial charge on any atom is 0.336 e. The number of para-hydroxylation sites is 1. The number of hydrogen-bond donors (Lipinski definition) is 0. The average molecular weight is 414 g/mol. The zero-order valence-electron chi connectivity index (χ0n) is 17.3. The van der Waals surface area contributed by atoms with E-state index in [4.69, 9.17) is 14.2 Å². The van der Waals surface area contributed by atoms with Gasteiger partial charge in [0.05, 0.1) is 19.8 Å². The Morgan fingerprint density at radius 3 is 2.23 bits per heavy atom. The maximum absolute atomic E-state index is 12.7. The van der Waals surface area contributed by atoms with Crippen molar-refractivity contribution in [1.29, 1.82) is 0 Å². The van der Waals surface area contributed by atoms with E-state index in [9.17, 15) is 9.59 Å². The van der Waals surface area contributed by atoms with Crippen molar-refractivity contribution in [3.8, 4) is 17.2 Å². The van der Waals surface area contributed by atoms with E-state index in [0.29, 0.717) is 28.4 Å². The van der Waals surface area contributed by atoms with E-state index in [1.54, 1.807) is 54.6 Å². The molecule has 0 saturated heterocycles. The SMILES string of the molecule is COc1ccc(OC)c(C(=O)C=Cc2ccccc2OC(=O)C=Cc2ccccc2)c1. The standard InChI is InChI=1S/C26H22O5/c1-29-21-14-16-25(30-2)22(18-21)23(27)15-13-20-10-6-7-11-24(20)31-26(28)17-12-19-8-4-3-5-9-19/h3-18H,1-2H3. The zero-order valence-corrected chi connectivity index (χ0v) is 17.3. The van der Waals surface area contributed by atoms with Gasteiger partial charge in [0, 0.05) is 11.6 Å². The second-order valence-corrected chi connectivity index (χ2v) is 6.47. The summed E-state index contributed by atoms with van der Waals surface area (Å²) in [4.78, 5) is 24.9. The Labute approximate surface area is 181 Å². The summed E-state index contributed by atoms with van der Waals surface area (Å²) in [6.45, 7) is 0. The van der Waals surface area contributed by atoms with E-state index in [0.717, 1.165) is 5.56 Å². The minimum atomic E-state index is -0.509. The molecule has 0 N–H and O–H groups in total. The van der Waals surface area contributed by atoms with Crippen molar-refractivity contribution >= 4 is 23.9 Å². The highest BCUT2D eigenvalue weighted by Crippen LogP contribution is 2.26. The van der Waals surface area contributed by atoms with Crippen LogP contribution in [0.25, 0.3) is 12.2 Å². The predicted molar refractivity (Wildman–Crippen MR) is 120 cm³/mol. The third-order valence-corrected chi connectivity index (χ3v) is 4.43. The molecule has 3 aromatic carbocycles. The first-order valence-electron chi connectivity index (χ1n) is 9.59. The Balaban J connectivity index is 1.76. The molecule has 3 aromatic rings. The van der Waals surface area contributed by atoms with Gasteiger partial charge in [0.2, 0.25) is 0 Å². The van der Waals surface area contributed by atoms with Crippen molar-refractivity contribution in [3.05, 3.63) is 102 Å². The Morgan fingerprint density at radius 2 is 1.48 bits per heavy atom. The maximum atomic E-state index is 12.7. The van der Waals surface area contributed by atoms with Crippen LogP contribution >= 0.6 is 0 Å². The molecule has 3 rings (SSSR count). The van der Waals surface area contributed by atoms with Crippen LogP contribution in [0.1, 0.15) is 21.5 Å². The highest BCUT2D eigenvalue weighted by atomic mass is 16.5. The number of benzene rings is 3. The van der Waals surface area contributed by atoms with Crippen LogP contribution in [-0.2, 0) is 4.79 Å². The number of ether oxygens (including phenoxy) is 3. The summed E-state index contributed by atoms with van der Waals surface area (Å²) in [5.74, 6) is 0.580. The van der Waals surface area contributed by atoms with Crippen LogP contribution in [0.3, 0.4) is 0 Å². The fraction of sp³-hybridized carbons (Fsp3) is 0.0769. The van der Waals surface area contributed by atoms with Crippen molar-refractivity contribution in [2.75, 3.05) is 14.2 Å². The molecule has 0 aliphatic heterocycles. The van der Waals surface area contributed by atoms with Gasteiger partial charge in [-0.05, 0) is 48.1 Å². The topological polar surface area (TPSA) is 61.8 Å². The highest BCUT2D eigenvalue weighted by molar-refractivity contribution is 6.09. The van der Waals surface area contributed by atoms with Gasteiger partial charge in [0.25, 0.3) is 0 Å². The van der Waals surface area contributed by atoms with Gasteiger partial charge < -0.3 is 14.2 Å². The number of methoxy groups -OCH3 is 2. The van der Waals surface area contributed by atoms with Crippen LogP contribution in [0, 0.1) is 0 Å². The Bertz CT molecular complexity index is 1110. The molecule has 0 bridgehead atoms. The summed E-state index contributed by atoms with van der Waals surface area (Å²) in [5.41, 5.74) is 1.86. The van der Waals surface area contributed by atoms with Gasteiger partial charge in [-0.25, -0.2) is 4.79 Å². The van der Waals surface area contributed by atoms with Gasteiger partial charge in [-0.3, -0.25) is 4.79 Å². The molecule has 5 heteroatoms. The normalized spacial score (nSPS) is 10.9. The van der Waals surface area contributed by atoms with Crippen molar-refractivity contribution in [2.45, 2.75) is 0 Å². The van der Waals surface area contributed by atoms with Gasteiger partial charge in [-0.15, -0.1) is 0 Å². The number of esters is 1. The second-order valence-electron chi connectivity index (χ2n) is 6.47. The van der Waals surface area contributed by atoms with Crippen LogP contribution in [0.2, 0.25) is 0 Å². The number of carbonyl (C=O) groups excluding carboxylic acids is 2. The second kappa shape index (κ2) is 10.6. The minimum Gasteiger partial charge on any atom is -0.497 e. The summed E-state index contributed by atoms with van der Waals surface area (Å²) in [5, 5.41) is 0. The fourth-order valence-corrected chi connectivity index (χ4v) is 2.84. The van der Waals surface area contributed by atoms with Crippen LogP contribution in [0.5, 0.6) is 17.2 Å². The number of carbonyl (C=O) groups is 2. The van der Waals surface area contributed by atoms with E-state index in [2.05, 4.69) is 0 Å². The van der Waals surface area contributed by atoms with Crippen LogP contribution in [0.15, 0.2) is 84.9 Å². The fourth-order valence-electron chi connectivity index (χ4n) is 2.84. The van der Waals surface area contributed by atoms with Gasteiger partial charge in [-0.2, -0.15) is 0 Å². The molecule has 0 saturated carbocycles. The third-order valence-electron chi connectivity index (χ3n) is 4.43. The van der Waals surface area contributed by atoms with Gasteiger partial charge >= 0.3 is 5.97 Å². The summed E-state index contributed by atoms with van der Waals surface area (Å²) in [6.07, 6.45) is 6.05. The first kappa shape index (κ1) is 21.6. The Hall–Kier alpha value is -4.12. The van der Waals surface area contributed by atoms with Gasteiger partial charge in [0.1, 0.15) is 17.2 Å². The van der Waals surface area contributed by atoms with Crippen LogP contribution in [0.4, 0.5) is 0 Å². The lowest BCUT2D eigenvalue weighted by atomic mass is 10.1. The molecule has 0 aliphatic carbocycles. The molecule has 0 unspecified atom stereocenters. The Kier molecular flexibility index (Phi) is 7.38. The highest BCUT2D eigenvalue weighted by Gasteiger charge is 2.12.